The molecule has 0 aliphatic carbocycles. The number of ether oxygens (including phenoxy) is 3. The van der Waals surface area contributed by atoms with Crippen LogP contribution in [-0.4, -0.2) is 66.5 Å². The highest BCUT2D eigenvalue weighted by atomic mass is 31.2. The van der Waals surface area contributed by atoms with Gasteiger partial charge < -0.3 is 24.2 Å². The first-order chi connectivity index (χ1) is 39.2. The molecule has 0 aliphatic rings. The van der Waals surface area contributed by atoms with Crippen LogP contribution >= 0.6 is 7.82 Å². The van der Waals surface area contributed by atoms with Gasteiger partial charge in [0.2, 0.25) is 0 Å². The van der Waals surface area contributed by atoms with E-state index in [0.717, 1.165) is 89.9 Å². The van der Waals surface area contributed by atoms with E-state index in [1.54, 1.807) is 0 Å². The SMILES string of the molecule is CC/C=C\C/C=C\C/C=C\C/C=C\CCCCC(=O)OC(CO)COP(=O)(O)OCC(COC(=O)CCCCCCCCCCC/C=C\CCCCCCCC)OC(=O)CCCCCCCCCCC/C=C\C/C=C\CCCCC. The van der Waals surface area contributed by atoms with Crippen LogP contribution in [0.5, 0.6) is 0 Å². The highest BCUT2D eigenvalue weighted by Gasteiger charge is 2.28. The van der Waals surface area contributed by atoms with Crippen LogP contribution in [0.4, 0.5) is 0 Å². The van der Waals surface area contributed by atoms with Crippen molar-refractivity contribution in [2.45, 2.75) is 303 Å². The Kier molecular flexibility index (Phi) is 59.1. The van der Waals surface area contributed by atoms with Crippen LogP contribution in [-0.2, 0) is 42.2 Å². The van der Waals surface area contributed by atoms with Crippen LogP contribution < -0.4 is 0 Å². The molecule has 0 saturated heterocycles. The van der Waals surface area contributed by atoms with Gasteiger partial charge in [-0.25, -0.2) is 4.57 Å². The number of hydrogen-bond acceptors (Lipinski definition) is 10. The summed E-state index contributed by atoms with van der Waals surface area (Å²) < 4.78 is 39.7. The Labute approximate surface area is 490 Å². The number of carbonyl (C=O) groups excluding carboxylic acids is 3. The first-order valence-electron chi connectivity index (χ1n) is 32.5. The number of rotatable bonds is 60. The number of phosphoric acid groups is 1. The molecular weight excluding hydrogens is 1020 g/mol. The number of hydrogen-bond donors (Lipinski definition) is 2. The Morgan fingerprint density at radius 3 is 1.06 bits per heavy atom. The Morgan fingerprint density at radius 2 is 0.650 bits per heavy atom. The maximum Gasteiger partial charge on any atom is 0.472 e. The molecular formula is C68H119O11P. The normalized spacial score (nSPS) is 13.8. The average Bonchev–Trinajstić information content (AvgIpc) is 3.45. The van der Waals surface area contributed by atoms with Gasteiger partial charge in [0.1, 0.15) is 12.7 Å². The lowest BCUT2D eigenvalue weighted by Crippen LogP contribution is -2.30. The van der Waals surface area contributed by atoms with Crippen LogP contribution in [0.2, 0.25) is 0 Å². The molecule has 0 rings (SSSR count). The minimum atomic E-state index is -4.77. The second-order valence-corrected chi connectivity index (χ2v) is 23.0. The zero-order valence-electron chi connectivity index (χ0n) is 51.3. The highest BCUT2D eigenvalue weighted by Crippen LogP contribution is 2.43. The Hall–Kier alpha value is -3.34. The van der Waals surface area contributed by atoms with Crippen molar-refractivity contribution in [2.24, 2.45) is 0 Å². The summed E-state index contributed by atoms with van der Waals surface area (Å²) in [5.41, 5.74) is 0. The molecule has 0 aromatic carbocycles. The van der Waals surface area contributed by atoms with E-state index in [4.69, 9.17) is 23.3 Å². The van der Waals surface area contributed by atoms with E-state index in [9.17, 15) is 28.9 Å². The molecule has 0 aliphatic heterocycles. The van der Waals surface area contributed by atoms with Gasteiger partial charge in [0, 0.05) is 19.3 Å². The molecule has 11 nitrogen and oxygen atoms in total. The summed E-state index contributed by atoms with van der Waals surface area (Å²) in [6.45, 7) is 4.49. The summed E-state index contributed by atoms with van der Waals surface area (Å²) in [4.78, 5) is 48.8. The number of unbranched alkanes of at least 4 members (excludes halogenated alkanes) is 29. The van der Waals surface area contributed by atoms with Crippen molar-refractivity contribution in [2.75, 3.05) is 26.4 Å². The van der Waals surface area contributed by atoms with E-state index in [-0.39, 0.29) is 25.9 Å². The van der Waals surface area contributed by atoms with E-state index >= 15 is 0 Å². The number of esters is 3. The number of carbonyl (C=O) groups is 3. The predicted octanol–water partition coefficient (Wildman–Crippen LogP) is 19.8. The molecule has 0 fully saturated rings. The van der Waals surface area contributed by atoms with Crippen LogP contribution in [0.25, 0.3) is 0 Å². The molecule has 3 atom stereocenters. The molecule has 80 heavy (non-hydrogen) atoms. The van der Waals surface area contributed by atoms with Crippen molar-refractivity contribution in [3.63, 3.8) is 0 Å². The maximum absolute atomic E-state index is 13.0. The minimum absolute atomic E-state index is 0.123. The van der Waals surface area contributed by atoms with Gasteiger partial charge in [-0.1, -0.05) is 241 Å². The quantitative estimate of drug-likeness (QED) is 0.0197. The minimum Gasteiger partial charge on any atom is -0.462 e. The largest absolute Gasteiger partial charge is 0.472 e. The van der Waals surface area contributed by atoms with Crippen LogP contribution in [0.3, 0.4) is 0 Å². The molecule has 2 N–H and O–H groups in total. The smallest absolute Gasteiger partial charge is 0.462 e. The van der Waals surface area contributed by atoms with Crippen LogP contribution in [0.1, 0.15) is 290 Å². The van der Waals surface area contributed by atoms with Crippen molar-refractivity contribution in [1.29, 1.82) is 0 Å². The summed E-state index contributed by atoms with van der Waals surface area (Å²) in [6, 6.07) is 0. The molecule has 3 unspecified atom stereocenters. The van der Waals surface area contributed by atoms with Crippen LogP contribution in [0.15, 0.2) is 85.1 Å². The molecule has 0 spiro atoms. The zero-order chi connectivity index (χ0) is 58.3. The first kappa shape index (κ1) is 76.7. The summed E-state index contributed by atoms with van der Waals surface area (Å²) in [7, 11) is -4.77. The fourth-order valence-corrected chi connectivity index (χ4v) is 9.63. The fourth-order valence-electron chi connectivity index (χ4n) is 8.84. The van der Waals surface area contributed by atoms with Gasteiger partial charge in [-0.3, -0.25) is 23.4 Å². The molecule has 12 heteroatoms. The van der Waals surface area contributed by atoms with Crippen molar-refractivity contribution < 1.29 is 52.2 Å². The predicted molar refractivity (Wildman–Crippen MR) is 334 cm³/mol. The van der Waals surface area contributed by atoms with E-state index in [1.807, 2.05) is 0 Å². The molecule has 0 amide bonds. The van der Waals surface area contributed by atoms with Crippen molar-refractivity contribution in [1.82, 2.24) is 0 Å². The van der Waals surface area contributed by atoms with E-state index in [1.165, 1.54) is 141 Å². The molecule has 0 heterocycles. The third-order valence-corrected chi connectivity index (χ3v) is 14.7. The molecule has 0 aromatic rings. The number of allylic oxidation sites excluding steroid dienone is 14. The summed E-state index contributed by atoms with van der Waals surface area (Å²) in [6.07, 6.45) is 72.5. The number of aliphatic hydroxyl groups excluding tert-OH is 1. The second kappa shape index (κ2) is 61.7. The fraction of sp³-hybridized carbons (Fsp3) is 0.750. The van der Waals surface area contributed by atoms with Gasteiger partial charge in [0.25, 0.3) is 0 Å². The third-order valence-electron chi connectivity index (χ3n) is 13.8. The Morgan fingerprint density at radius 1 is 0.362 bits per heavy atom. The lowest BCUT2D eigenvalue weighted by Gasteiger charge is -2.21. The average molecular weight is 1140 g/mol. The lowest BCUT2D eigenvalue weighted by atomic mass is 10.1. The van der Waals surface area contributed by atoms with Gasteiger partial charge in [-0.2, -0.15) is 0 Å². The topological polar surface area (TPSA) is 155 Å². The lowest BCUT2D eigenvalue weighted by molar-refractivity contribution is -0.161. The van der Waals surface area contributed by atoms with Gasteiger partial charge in [0.05, 0.1) is 19.8 Å². The van der Waals surface area contributed by atoms with Crippen molar-refractivity contribution in [3.8, 4) is 0 Å². The molecule has 0 aromatic heterocycles. The Balaban J connectivity index is 4.74. The summed E-state index contributed by atoms with van der Waals surface area (Å²) >= 11 is 0. The summed E-state index contributed by atoms with van der Waals surface area (Å²) in [5, 5.41) is 9.84. The van der Waals surface area contributed by atoms with E-state index in [0.29, 0.717) is 19.3 Å². The Bertz CT molecular complexity index is 1670. The second-order valence-electron chi connectivity index (χ2n) is 21.5. The van der Waals surface area contributed by atoms with Crippen LogP contribution in [0, 0.1) is 0 Å². The van der Waals surface area contributed by atoms with Gasteiger partial charge in [-0.15, -0.1) is 0 Å². The van der Waals surface area contributed by atoms with Gasteiger partial charge in [-0.05, 0) is 116 Å². The molecule has 462 valence electrons. The monoisotopic (exact) mass is 1140 g/mol. The standard InChI is InChI=1S/C68H119O11P/c1-4-7-10-13-16-19-22-25-28-30-32-34-37-39-42-45-48-51-54-57-66(70)75-61-65(79-68(72)59-56-53-50-47-44-41-38-35-33-31-29-26-23-20-17-14-11-8-5-2)63-77-80(73,74)76-62-64(60-69)78-67(71)58-55-52-49-46-43-40-36-27-24-21-18-15-12-9-6-3/h9,12,17-18,20-21,25-29,36,43,46,64-65,69H,4-8,10-11,13-16,19,22-24,30-35,37-42,44-45,47-63H2,1-3H3,(H,73,74)/b12-9-,20-17-,21-18-,28-25-,29-26-,36-27-,46-43-. The van der Waals surface area contributed by atoms with E-state index < -0.39 is 57.8 Å². The van der Waals surface area contributed by atoms with Gasteiger partial charge >= 0.3 is 25.7 Å². The first-order valence-corrected chi connectivity index (χ1v) is 34.0. The molecule has 0 radical (unpaired) electrons. The van der Waals surface area contributed by atoms with Crippen molar-refractivity contribution >= 4 is 25.7 Å². The number of phosphoric ester groups is 1. The number of aliphatic hydroxyl groups is 1. The highest BCUT2D eigenvalue weighted by molar-refractivity contribution is 7.47. The third kappa shape index (κ3) is 59.3. The van der Waals surface area contributed by atoms with Gasteiger partial charge in [0.15, 0.2) is 6.10 Å². The van der Waals surface area contributed by atoms with E-state index in [2.05, 4.69) is 106 Å². The molecule has 0 saturated carbocycles. The van der Waals surface area contributed by atoms with Crippen molar-refractivity contribution in [3.05, 3.63) is 85.1 Å². The summed E-state index contributed by atoms with van der Waals surface area (Å²) in [5.74, 6) is -1.51. The maximum atomic E-state index is 13.0. The molecule has 0 bridgehead atoms. The zero-order valence-corrected chi connectivity index (χ0v) is 52.2.